The van der Waals surface area contributed by atoms with Crippen LogP contribution >= 0.6 is 0 Å². The smallest absolute Gasteiger partial charge is 0.316 e. The lowest BCUT2D eigenvalue weighted by molar-refractivity contribution is -0.0734. The molecule has 1 aromatic rings. The summed E-state index contributed by atoms with van der Waals surface area (Å²) >= 11 is 0. The summed E-state index contributed by atoms with van der Waals surface area (Å²) in [5.74, 6) is 0. The molecule has 1 fully saturated rings. The first-order valence-corrected chi connectivity index (χ1v) is 5.62. The van der Waals surface area contributed by atoms with Crippen LogP contribution in [0.25, 0.3) is 0 Å². The average molecular weight is 222 g/mol. The van der Waals surface area contributed by atoms with Crippen LogP contribution in [0.2, 0.25) is 0 Å². The van der Waals surface area contributed by atoms with Gasteiger partial charge in [-0.05, 0) is 11.0 Å². The highest BCUT2D eigenvalue weighted by molar-refractivity contribution is 5.16. The molecule has 4 nitrogen and oxygen atoms in total. The van der Waals surface area contributed by atoms with Crippen LogP contribution in [0.4, 0.5) is 0 Å². The Morgan fingerprint density at radius 2 is 2.00 bits per heavy atom. The molecule has 1 aliphatic rings. The van der Waals surface area contributed by atoms with E-state index in [-0.39, 0.29) is 11.5 Å². The molecule has 16 heavy (non-hydrogen) atoms. The zero-order chi connectivity index (χ0) is 11.6. The maximum Gasteiger partial charge on any atom is 0.316 e. The quantitative estimate of drug-likeness (QED) is 0.784. The van der Waals surface area contributed by atoms with Crippen molar-refractivity contribution in [2.75, 3.05) is 13.2 Å². The average Bonchev–Trinajstić information content (AvgIpc) is 2.15. The summed E-state index contributed by atoms with van der Waals surface area (Å²) in [7, 11) is 0. The van der Waals surface area contributed by atoms with Gasteiger partial charge in [-0.2, -0.15) is 0 Å². The molecule has 0 spiro atoms. The lowest BCUT2D eigenvalue weighted by Gasteiger charge is -2.25. The molecule has 0 saturated carbocycles. The van der Waals surface area contributed by atoms with Gasteiger partial charge in [0, 0.05) is 25.4 Å². The number of hydrogen-bond donors (Lipinski definition) is 0. The van der Waals surface area contributed by atoms with E-state index in [0.29, 0.717) is 12.6 Å². The molecular weight excluding hydrogens is 204 g/mol. The Hall–Kier alpha value is -1.16. The maximum atomic E-state index is 5.43. The predicted octanol–water partition coefficient (Wildman–Crippen LogP) is 1.94. The van der Waals surface area contributed by atoms with Crippen LogP contribution in [-0.2, 0) is 10.2 Å². The van der Waals surface area contributed by atoms with Crippen molar-refractivity contribution in [3.63, 3.8) is 0 Å². The Morgan fingerprint density at radius 1 is 1.38 bits per heavy atom. The third-order valence-electron chi connectivity index (χ3n) is 2.69. The van der Waals surface area contributed by atoms with E-state index in [2.05, 4.69) is 30.7 Å². The van der Waals surface area contributed by atoms with Gasteiger partial charge in [0.05, 0.1) is 6.10 Å². The monoisotopic (exact) mass is 222 g/mol. The topological polar surface area (TPSA) is 44.2 Å². The molecule has 0 amide bonds. The summed E-state index contributed by atoms with van der Waals surface area (Å²) in [6.45, 7) is 7.80. The van der Waals surface area contributed by atoms with Crippen LogP contribution in [0.5, 0.6) is 6.01 Å². The van der Waals surface area contributed by atoms with Gasteiger partial charge in [0.2, 0.25) is 0 Å². The summed E-state index contributed by atoms with van der Waals surface area (Å²) < 4.78 is 10.7. The van der Waals surface area contributed by atoms with Crippen LogP contribution in [-0.4, -0.2) is 29.3 Å². The number of ether oxygens (including phenoxy) is 2. The molecule has 0 radical (unpaired) electrons. The van der Waals surface area contributed by atoms with E-state index in [4.69, 9.17) is 9.47 Å². The molecule has 0 bridgehead atoms. The second-order valence-electron chi connectivity index (χ2n) is 5.10. The number of rotatable bonds is 3. The second-order valence-corrected chi connectivity index (χ2v) is 5.10. The van der Waals surface area contributed by atoms with Crippen molar-refractivity contribution in [3.8, 4) is 6.01 Å². The van der Waals surface area contributed by atoms with Gasteiger partial charge in [-0.3, -0.25) is 0 Å². The molecule has 0 N–H and O–H groups in total. The molecule has 0 aromatic carbocycles. The molecule has 88 valence electrons. The first kappa shape index (κ1) is 11.3. The van der Waals surface area contributed by atoms with Gasteiger partial charge in [-0.15, -0.1) is 0 Å². The lowest BCUT2D eigenvalue weighted by Crippen LogP contribution is -2.32. The van der Waals surface area contributed by atoms with Gasteiger partial charge in [0.1, 0.15) is 6.61 Å². The highest BCUT2D eigenvalue weighted by atomic mass is 16.6. The molecule has 0 aliphatic carbocycles. The van der Waals surface area contributed by atoms with Crippen molar-refractivity contribution in [3.05, 3.63) is 18.0 Å². The fraction of sp³-hybridized carbons (Fsp3) is 0.667. The van der Waals surface area contributed by atoms with Crippen molar-refractivity contribution in [2.24, 2.45) is 0 Å². The van der Waals surface area contributed by atoms with Gasteiger partial charge in [-0.1, -0.05) is 20.8 Å². The Kier molecular flexibility index (Phi) is 3.10. The van der Waals surface area contributed by atoms with E-state index in [1.165, 1.54) is 0 Å². The summed E-state index contributed by atoms with van der Waals surface area (Å²) in [6, 6.07) is 0.434. The Bertz CT molecular complexity index is 339. The summed E-state index contributed by atoms with van der Waals surface area (Å²) in [5.41, 5.74) is 1.19. The summed E-state index contributed by atoms with van der Waals surface area (Å²) in [4.78, 5) is 8.37. The number of nitrogens with zero attached hydrogens (tertiary/aromatic N) is 2. The van der Waals surface area contributed by atoms with E-state index in [9.17, 15) is 0 Å². The zero-order valence-corrected chi connectivity index (χ0v) is 10.1. The second kappa shape index (κ2) is 4.37. The van der Waals surface area contributed by atoms with Crippen molar-refractivity contribution < 1.29 is 9.47 Å². The third kappa shape index (κ3) is 2.70. The van der Waals surface area contributed by atoms with Crippen molar-refractivity contribution in [1.82, 2.24) is 9.97 Å². The van der Waals surface area contributed by atoms with Crippen LogP contribution in [0.3, 0.4) is 0 Å². The molecule has 1 atom stereocenters. The first-order chi connectivity index (χ1) is 7.55. The minimum absolute atomic E-state index is 0.0790. The predicted molar refractivity (Wildman–Crippen MR) is 60.6 cm³/mol. The van der Waals surface area contributed by atoms with E-state index >= 15 is 0 Å². The summed E-state index contributed by atoms with van der Waals surface area (Å²) in [5, 5.41) is 0. The van der Waals surface area contributed by atoms with Crippen molar-refractivity contribution in [1.29, 1.82) is 0 Å². The lowest BCUT2D eigenvalue weighted by atomic mass is 9.89. The number of hydrogen-bond acceptors (Lipinski definition) is 4. The standard InChI is InChI=1S/C12H18N2O2/c1-12(2,3)9-6-13-11(14-7-9)16-8-10-4-5-15-10/h6-7,10H,4-5,8H2,1-3H3. The summed E-state index contributed by atoms with van der Waals surface area (Å²) in [6.07, 6.45) is 4.94. The molecule has 1 saturated heterocycles. The minimum Gasteiger partial charge on any atom is -0.461 e. The van der Waals surface area contributed by atoms with Gasteiger partial charge in [0.25, 0.3) is 0 Å². The van der Waals surface area contributed by atoms with Crippen LogP contribution in [0, 0.1) is 0 Å². The highest BCUT2D eigenvalue weighted by Gasteiger charge is 2.19. The number of aromatic nitrogens is 2. The molecule has 1 aromatic heterocycles. The molecule has 1 aliphatic heterocycles. The Labute approximate surface area is 96.0 Å². The van der Waals surface area contributed by atoms with Gasteiger partial charge in [-0.25, -0.2) is 9.97 Å². The molecular formula is C12H18N2O2. The van der Waals surface area contributed by atoms with Crippen LogP contribution in [0.15, 0.2) is 12.4 Å². The fourth-order valence-corrected chi connectivity index (χ4v) is 1.36. The molecule has 4 heteroatoms. The Balaban J connectivity index is 1.91. The van der Waals surface area contributed by atoms with E-state index in [1.54, 1.807) is 0 Å². The molecule has 2 heterocycles. The zero-order valence-electron chi connectivity index (χ0n) is 10.1. The SMILES string of the molecule is CC(C)(C)c1cnc(OCC2CCO2)nc1. The third-order valence-corrected chi connectivity index (χ3v) is 2.69. The van der Waals surface area contributed by atoms with Crippen LogP contribution < -0.4 is 4.74 Å². The van der Waals surface area contributed by atoms with Gasteiger partial charge < -0.3 is 9.47 Å². The van der Waals surface area contributed by atoms with E-state index in [1.807, 2.05) is 12.4 Å². The normalized spacial score (nSPS) is 20.3. The van der Waals surface area contributed by atoms with Crippen molar-refractivity contribution >= 4 is 0 Å². The molecule has 2 rings (SSSR count). The van der Waals surface area contributed by atoms with Crippen molar-refractivity contribution in [2.45, 2.75) is 38.7 Å². The van der Waals surface area contributed by atoms with Gasteiger partial charge in [0.15, 0.2) is 0 Å². The fourth-order valence-electron chi connectivity index (χ4n) is 1.36. The van der Waals surface area contributed by atoms with Crippen LogP contribution in [0.1, 0.15) is 32.8 Å². The van der Waals surface area contributed by atoms with E-state index in [0.717, 1.165) is 18.6 Å². The Morgan fingerprint density at radius 3 is 2.44 bits per heavy atom. The minimum atomic E-state index is 0.0790. The van der Waals surface area contributed by atoms with E-state index < -0.39 is 0 Å². The molecule has 1 unspecified atom stereocenters. The maximum absolute atomic E-state index is 5.43. The first-order valence-electron chi connectivity index (χ1n) is 5.62. The highest BCUT2D eigenvalue weighted by Crippen LogP contribution is 2.21. The largest absolute Gasteiger partial charge is 0.461 e. The van der Waals surface area contributed by atoms with Gasteiger partial charge >= 0.3 is 6.01 Å².